The lowest BCUT2D eigenvalue weighted by Crippen LogP contribution is -2.16. The second kappa shape index (κ2) is 6.67. The Hall–Kier alpha value is -1.77. The predicted octanol–water partition coefficient (Wildman–Crippen LogP) is 2.43. The normalized spacial score (nSPS) is 11.6. The fourth-order valence-corrected chi connectivity index (χ4v) is 1.09. The molecule has 0 N–H and O–H groups in total. The molecule has 0 fully saturated rings. The summed E-state index contributed by atoms with van der Waals surface area (Å²) in [6, 6.07) is 9.54. The van der Waals surface area contributed by atoms with Crippen molar-refractivity contribution in [3.05, 3.63) is 43.0 Å². The number of hydrogen-bond donors (Lipinski definition) is 0. The molecule has 0 saturated heterocycles. The van der Waals surface area contributed by atoms with E-state index in [0.29, 0.717) is 13.2 Å². The van der Waals surface area contributed by atoms with Gasteiger partial charge in [0.1, 0.15) is 5.75 Å². The molecule has 0 aliphatic heterocycles. The van der Waals surface area contributed by atoms with Crippen LogP contribution in [0.15, 0.2) is 43.0 Å². The number of benzene rings is 1. The van der Waals surface area contributed by atoms with E-state index < -0.39 is 5.97 Å². The third-order valence-electron chi connectivity index (χ3n) is 1.95. The van der Waals surface area contributed by atoms with Crippen molar-refractivity contribution in [2.45, 2.75) is 6.92 Å². The van der Waals surface area contributed by atoms with Crippen molar-refractivity contribution in [1.29, 1.82) is 0 Å². The molecule has 3 heteroatoms. The lowest BCUT2D eigenvalue weighted by Gasteiger charge is -2.12. The van der Waals surface area contributed by atoms with E-state index in [1.807, 2.05) is 37.3 Å². The van der Waals surface area contributed by atoms with E-state index in [2.05, 4.69) is 6.58 Å². The lowest BCUT2D eigenvalue weighted by atomic mass is 10.2. The summed E-state index contributed by atoms with van der Waals surface area (Å²) in [6.45, 7) is 6.15. The van der Waals surface area contributed by atoms with Crippen molar-refractivity contribution in [1.82, 2.24) is 0 Å². The fraction of sp³-hybridized carbons (Fsp3) is 0.308. The number of carbonyl (C=O) groups is 1. The monoisotopic (exact) mass is 220 g/mol. The first-order valence-electron chi connectivity index (χ1n) is 5.19. The maximum Gasteiger partial charge on any atom is 0.330 e. The van der Waals surface area contributed by atoms with Crippen LogP contribution in [0.4, 0.5) is 0 Å². The third kappa shape index (κ3) is 4.64. The van der Waals surface area contributed by atoms with Crippen molar-refractivity contribution >= 4 is 5.97 Å². The van der Waals surface area contributed by atoms with Gasteiger partial charge in [-0.3, -0.25) is 0 Å². The molecule has 1 atom stereocenters. The molecule has 0 aliphatic carbocycles. The quantitative estimate of drug-likeness (QED) is 0.545. The Bertz CT molecular complexity index is 332. The van der Waals surface area contributed by atoms with Crippen LogP contribution in [0, 0.1) is 5.92 Å². The molecule has 0 aromatic heterocycles. The van der Waals surface area contributed by atoms with Crippen molar-refractivity contribution in [3.8, 4) is 5.75 Å². The van der Waals surface area contributed by atoms with E-state index in [1.165, 1.54) is 0 Å². The van der Waals surface area contributed by atoms with E-state index in [9.17, 15) is 4.79 Å². The Morgan fingerprint density at radius 3 is 2.69 bits per heavy atom. The molecule has 0 heterocycles. The van der Waals surface area contributed by atoms with E-state index in [0.717, 1.165) is 11.8 Å². The van der Waals surface area contributed by atoms with Gasteiger partial charge in [0.25, 0.3) is 0 Å². The zero-order valence-corrected chi connectivity index (χ0v) is 9.39. The first-order valence-corrected chi connectivity index (χ1v) is 5.19. The van der Waals surface area contributed by atoms with Crippen LogP contribution in [0.25, 0.3) is 0 Å². The Kier molecular flexibility index (Phi) is 5.12. The summed E-state index contributed by atoms with van der Waals surface area (Å²) in [4.78, 5) is 10.8. The van der Waals surface area contributed by atoms with Gasteiger partial charge in [-0.1, -0.05) is 31.7 Å². The van der Waals surface area contributed by atoms with Crippen LogP contribution < -0.4 is 4.74 Å². The topological polar surface area (TPSA) is 35.5 Å². The Morgan fingerprint density at radius 2 is 2.06 bits per heavy atom. The Morgan fingerprint density at radius 1 is 1.38 bits per heavy atom. The first kappa shape index (κ1) is 12.3. The van der Waals surface area contributed by atoms with Gasteiger partial charge in [0, 0.05) is 12.0 Å². The highest BCUT2D eigenvalue weighted by molar-refractivity contribution is 5.81. The van der Waals surface area contributed by atoms with Gasteiger partial charge in [-0.05, 0) is 12.1 Å². The molecular formula is C13H16O3. The largest absolute Gasteiger partial charge is 0.493 e. The average molecular weight is 220 g/mol. The minimum atomic E-state index is -0.397. The van der Waals surface area contributed by atoms with Crippen LogP contribution in [0.5, 0.6) is 5.75 Å². The maximum atomic E-state index is 10.8. The summed E-state index contributed by atoms with van der Waals surface area (Å²) in [5, 5.41) is 0. The molecule has 0 radical (unpaired) electrons. The highest BCUT2D eigenvalue weighted by atomic mass is 16.5. The van der Waals surface area contributed by atoms with E-state index in [1.54, 1.807) is 0 Å². The molecule has 0 bridgehead atoms. The molecule has 0 saturated carbocycles. The molecule has 1 unspecified atom stereocenters. The van der Waals surface area contributed by atoms with Crippen LogP contribution in [0.1, 0.15) is 6.92 Å². The summed E-state index contributed by atoms with van der Waals surface area (Å²) in [5.41, 5.74) is 0. The smallest absolute Gasteiger partial charge is 0.330 e. The number of carbonyl (C=O) groups excluding carboxylic acids is 1. The van der Waals surface area contributed by atoms with Crippen LogP contribution in [0.2, 0.25) is 0 Å². The minimum absolute atomic E-state index is 0.157. The van der Waals surface area contributed by atoms with Gasteiger partial charge in [0.2, 0.25) is 0 Å². The number of rotatable bonds is 6. The first-order chi connectivity index (χ1) is 7.72. The van der Waals surface area contributed by atoms with Crippen LogP contribution in [0.3, 0.4) is 0 Å². The summed E-state index contributed by atoms with van der Waals surface area (Å²) in [6.07, 6.45) is 1.16. The van der Waals surface area contributed by atoms with Crippen molar-refractivity contribution in [2.24, 2.45) is 5.92 Å². The summed E-state index contributed by atoms with van der Waals surface area (Å²) < 4.78 is 10.4. The van der Waals surface area contributed by atoms with E-state index in [4.69, 9.17) is 9.47 Å². The zero-order chi connectivity index (χ0) is 11.8. The van der Waals surface area contributed by atoms with Gasteiger partial charge in [-0.2, -0.15) is 0 Å². The van der Waals surface area contributed by atoms with Crippen LogP contribution in [-0.4, -0.2) is 19.2 Å². The third-order valence-corrected chi connectivity index (χ3v) is 1.95. The van der Waals surface area contributed by atoms with Crippen molar-refractivity contribution < 1.29 is 14.3 Å². The summed E-state index contributed by atoms with van der Waals surface area (Å²) in [5.74, 6) is 0.583. The number of esters is 1. The van der Waals surface area contributed by atoms with Crippen molar-refractivity contribution in [2.75, 3.05) is 13.2 Å². The van der Waals surface area contributed by atoms with Crippen LogP contribution >= 0.6 is 0 Å². The van der Waals surface area contributed by atoms with Gasteiger partial charge in [0.15, 0.2) is 0 Å². The number of ether oxygens (including phenoxy) is 2. The number of para-hydroxylation sites is 1. The summed E-state index contributed by atoms with van der Waals surface area (Å²) >= 11 is 0. The lowest BCUT2D eigenvalue weighted by molar-refractivity contribution is -0.139. The highest BCUT2D eigenvalue weighted by Gasteiger charge is 2.05. The maximum absolute atomic E-state index is 10.8. The molecule has 0 spiro atoms. The molecule has 1 rings (SSSR count). The van der Waals surface area contributed by atoms with Gasteiger partial charge in [-0.15, -0.1) is 0 Å². The van der Waals surface area contributed by atoms with Gasteiger partial charge < -0.3 is 9.47 Å². The molecule has 1 aromatic rings. The highest BCUT2D eigenvalue weighted by Crippen LogP contribution is 2.10. The Labute approximate surface area is 95.7 Å². The minimum Gasteiger partial charge on any atom is -0.493 e. The molecule has 0 amide bonds. The van der Waals surface area contributed by atoms with Gasteiger partial charge >= 0.3 is 5.97 Å². The summed E-state index contributed by atoms with van der Waals surface area (Å²) in [7, 11) is 0. The van der Waals surface area contributed by atoms with Gasteiger partial charge in [0.05, 0.1) is 13.2 Å². The van der Waals surface area contributed by atoms with Gasteiger partial charge in [-0.25, -0.2) is 4.79 Å². The van der Waals surface area contributed by atoms with Crippen molar-refractivity contribution in [3.63, 3.8) is 0 Å². The predicted molar refractivity (Wildman–Crippen MR) is 62.3 cm³/mol. The van der Waals surface area contributed by atoms with E-state index in [-0.39, 0.29) is 5.92 Å². The number of hydrogen-bond acceptors (Lipinski definition) is 3. The molecule has 3 nitrogen and oxygen atoms in total. The fourth-order valence-electron chi connectivity index (χ4n) is 1.09. The SMILES string of the molecule is C=CC(=O)OCC(C)COc1ccccc1. The molecule has 0 aliphatic rings. The average Bonchev–Trinajstić information content (AvgIpc) is 2.34. The standard InChI is InChI=1S/C13H16O3/c1-3-13(14)16-10-11(2)9-15-12-7-5-4-6-8-12/h3-8,11H,1,9-10H2,2H3. The second-order valence-electron chi connectivity index (χ2n) is 3.56. The molecule has 16 heavy (non-hydrogen) atoms. The molecule has 1 aromatic carbocycles. The molecule has 86 valence electrons. The zero-order valence-electron chi connectivity index (χ0n) is 9.39. The molecular weight excluding hydrogens is 204 g/mol. The van der Waals surface area contributed by atoms with Crippen LogP contribution in [-0.2, 0) is 9.53 Å². The second-order valence-corrected chi connectivity index (χ2v) is 3.56. The van der Waals surface area contributed by atoms with E-state index >= 15 is 0 Å². The Balaban J connectivity index is 2.22.